The minimum atomic E-state index is -4.63. The number of carbonyl (C=O) groups is 1. The summed E-state index contributed by atoms with van der Waals surface area (Å²) in [6.07, 6.45) is -2.61. The van der Waals surface area contributed by atoms with E-state index in [1.54, 1.807) is 18.2 Å². The molecule has 0 bridgehead atoms. The fourth-order valence-corrected chi connectivity index (χ4v) is 3.98. The van der Waals surface area contributed by atoms with E-state index in [-0.39, 0.29) is 22.2 Å². The highest BCUT2D eigenvalue weighted by Crippen LogP contribution is 2.38. The lowest BCUT2D eigenvalue weighted by molar-refractivity contribution is -0.137. The molecule has 2 aromatic carbocycles. The Balaban J connectivity index is 1.98. The second-order valence-corrected chi connectivity index (χ2v) is 7.66. The first-order chi connectivity index (χ1) is 14.2. The maximum Gasteiger partial charge on any atom is 0.418 e. The molecule has 30 heavy (non-hydrogen) atoms. The predicted molar refractivity (Wildman–Crippen MR) is 109 cm³/mol. The summed E-state index contributed by atoms with van der Waals surface area (Å²) in [7, 11) is 0. The van der Waals surface area contributed by atoms with Gasteiger partial charge in [-0.1, -0.05) is 19.1 Å². The Hall–Kier alpha value is -3.29. The molecule has 0 saturated carbocycles. The molecule has 1 aromatic heterocycles. The molecular formula is C22H20F3N3O2. The molecule has 0 aliphatic carbocycles. The first-order valence-corrected chi connectivity index (χ1v) is 9.57. The summed E-state index contributed by atoms with van der Waals surface area (Å²) in [6, 6.07) is 10.4. The van der Waals surface area contributed by atoms with E-state index < -0.39 is 23.1 Å². The van der Waals surface area contributed by atoms with Gasteiger partial charge >= 0.3 is 6.18 Å². The number of amides is 1. The summed E-state index contributed by atoms with van der Waals surface area (Å²) in [6.45, 7) is 3.46. The summed E-state index contributed by atoms with van der Waals surface area (Å²) in [5.41, 5.74) is 4.09. The molecule has 156 valence electrons. The van der Waals surface area contributed by atoms with Crippen LogP contribution in [0.5, 0.6) is 0 Å². The van der Waals surface area contributed by atoms with Gasteiger partial charge in [-0.3, -0.25) is 9.59 Å². The van der Waals surface area contributed by atoms with Gasteiger partial charge in [-0.25, -0.2) is 0 Å². The average Bonchev–Trinajstić information content (AvgIpc) is 3.13. The van der Waals surface area contributed by atoms with E-state index in [1.165, 1.54) is 22.8 Å². The molecule has 0 radical (unpaired) electrons. The van der Waals surface area contributed by atoms with Gasteiger partial charge in [0, 0.05) is 30.4 Å². The quantitative estimate of drug-likeness (QED) is 0.704. The number of fused-ring (bicyclic) bond motifs is 1. The highest BCUT2D eigenvalue weighted by molar-refractivity contribution is 5.96. The van der Waals surface area contributed by atoms with E-state index >= 15 is 0 Å². The number of alkyl halides is 3. The van der Waals surface area contributed by atoms with Crippen LogP contribution in [0.15, 0.2) is 53.5 Å². The Kier molecular flexibility index (Phi) is 4.80. The van der Waals surface area contributed by atoms with Crippen molar-refractivity contribution in [3.05, 3.63) is 70.0 Å². The van der Waals surface area contributed by atoms with Gasteiger partial charge in [-0.2, -0.15) is 13.2 Å². The van der Waals surface area contributed by atoms with E-state index in [9.17, 15) is 22.8 Å². The maximum absolute atomic E-state index is 14.0. The van der Waals surface area contributed by atoms with Crippen LogP contribution < -0.4 is 16.1 Å². The Bertz CT molecular complexity index is 1200. The minimum absolute atomic E-state index is 0.124. The molecule has 4 rings (SSSR count). The second-order valence-electron chi connectivity index (χ2n) is 7.66. The minimum Gasteiger partial charge on any atom is -0.371 e. The average molecular weight is 415 g/mol. The number of rotatable bonds is 3. The Labute approximate surface area is 170 Å². The number of para-hydroxylation sites is 1. The van der Waals surface area contributed by atoms with Gasteiger partial charge in [-0.15, -0.1) is 0 Å². The van der Waals surface area contributed by atoms with Crippen molar-refractivity contribution in [3.63, 3.8) is 0 Å². The van der Waals surface area contributed by atoms with E-state index in [0.29, 0.717) is 24.7 Å². The van der Waals surface area contributed by atoms with Gasteiger partial charge in [0.1, 0.15) is 5.56 Å². The van der Waals surface area contributed by atoms with Crippen LogP contribution in [0.25, 0.3) is 16.6 Å². The Morgan fingerprint density at radius 2 is 1.90 bits per heavy atom. The van der Waals surface area contributed by atoms with E-state index in [1.807, 2.05) is 4.90 Å². The summed E-state index contributed by atoms with van der Waals surface area (Å²) >= 11 is 0. The number of carbonyl (C=O) groups excluding carboxylic acids is 1. The zero-order valence-electron chi connectivity index (χ0n) is 16.2. The highest BCUT2D eigenvalue weighted by atomic mass is 19.4. The van der Waals surface area contributed by atoms with Crippen molar-refractivity contribution in [2.75, 3.05) is 18.0 Å². The number of aromatic nitrogens is 1. The van der Waals surface area contributed by atoms with E-state index in [0.717, 1.165) is 18.7 Å². The molecule has 1 unspecified atom stereocenters. The number of benzene rings is 2. The van der Waals surface area contributed by atoms with Crippen LogP contribution in [0.3, 0.4) is 0 Å². The van der Waals surface area contributed by atoms with E-state index in [2.05, 4.69) is 6.92 Å². The van der Waals surface area contributed by atoms with Crippen molar-refractivity contribution in [2.24, 2.45) is 11.7 Å². The van der Waals surface area contributed by atoms with Crippen LogP contribution in [-0.2, 0) is 6.18 Å². The van der Waals surface area contributed by atoms with Crippen LogP contribution in [0.1, 0.15) is 29.3 Å². The molecule has 8 heteroatoms. The van der Waals surface area contributed by atoms with Gasteiger partial charge in [0.15, 0.2) is 0 Å². The summed E-state index contributed by atoms with van der Waals surface area (Å²) in [4.78, 5) is 26.3. The third-order valence-corrected chi connectivity index (χ3v) is 5.51. The van der Waals surface area contributed by atoms with Crippen molar-refractivity contribution in [1.82, 2.24) is 4.57 Å². The standard InChI is InChI=1S/C22H20F3N3O2/c1-13-8-9-27(11-13)14-6-7-19(17(10-14)22(23,24)25)28-12-16(21(26)30)20(29)15-4-2-3-5-18(15)28/h2-7,10,12-13H,8-9,11H2,1H3,(H2,26,30). The number of hydrogen-bond donors (Lipinski definition) is 1. The van der Waals surface area contributed by atoms with Crippen LogP contribution in [0, 0.1) is 5.92 Å². The lowest BCUT2D eigenvalue weighted by Gasteiger charge is -2.23. The van der Waals surface area contributed by atoms with Gasteiger partial charge in [0.05, 0.1) is 16.8 Å². The molecule has 1 aliphatic heterocycles. The number of pyridine rings is 1. The Morgan fingerprint density at radius 3 is 2.53 bits per heavy atom. The molecule has 0 spiro atoms. The van der Waals surface area contributed by atoms with Gasteiger partial charge < -0.3 is 15.2 Å². The Morgan fingerprint density at radius 1 is 1.17 bits per heavy atom. The van der Waals surface area contributed by atoms with Gasteiger partial charge in [0.2, 0.25) is 5.43 Å². The van der Waals surface area contributed by atoms with Gasteiger partial charge in [-0.05, 0) is 42.7 Å². The molecule has 2 N–H and O–H groups in total. The van der Waals surface area contributed by atoms with Crippen LogP contribution in [0.2, 0.25) is 0 Å². The number of nitrogens with two attached hydrogens (primary N) is 1. The van der Waals surface area contributed by atoms with E-state index in [4.69, 9.17) is 5.73 Å². The lowest BCUT2D eigenvalue weighted by atomic mass is 10.1. The molecule has 1 atom stereocenters. The third kappa shape index (κ3) is 3.42. The SMILES string of the molecule is CC1CCN(c2ccc(-n3cc(C(N)=O)c(=O)c4ccccc43)c(C(F)(F)F)c2)C1. The van der Waals surface area contributed by atoms with Crippen molar-refractivity contribution in [2.45, 2.75) is 19.5 Å². The highest BCUT2D eigenvalue weighted by Gasteiger charge is 2.35. The summed E-state index contributed by atoms with van der Waals surface area (Å²) < 4.78 is 43.3. The van der Waals surface area contributed by atoms with Crippen LogP contribution in [-0.4, -0.2) is 23.6 Å². The molecule has 2 heterocycles. The molecule has 1 fully saturated rings. The lowest BCUT2D eigenvalue weighted by Crippen LogP contribution is -2.25. The maximum atomic E-state index is 14.0. The molecule has 1 amide bonds. The number of anilines is 1. The van der Waals surface area contributed by atoms with Crippen molar-refractivity contribution < 1.29 is 18.0 Å². The fraction of sp³-hybridized carbons (Fsp3) is 0.273. The molecule has 3 aromatic rings. The normalized spacial score (nSPS) is 16.9. The zero-order valence-corrected chi connectivity index (χ0v) is 16.2. The summed E-state index contributed by atoms with van der Waals surface area (Å²) in [5.74, 6) is -0.573. The van der Waals surface area contributed by atoms with Crippen LogP contribution >= 0.6 is 0 Å². The monoisotopic (exact) mass is 415 g/mol. The molecular weight excluding hydrogens is 395 g/mol. The summed E-state index contributed by atoms with van der Waals surface area (Å²) in [5, 5.41) is 0.124. The third-order valence-electron chi connectivity index (χ3n) is 5.51. The number of nitrogens with zero attached hydrogens (tertiary/aromatic N) is 2. The van der Waals surface area contributed by atoms with Crippen molar-refractivity contribution in [3.8, 4) is 5.69 Å². The van der Waals surface area contributed by atoms with Crippen LogP contribution in [0.4, 0.5) is 18.9 Å². The zero-order chi connectivity index (χ0) is 21.6. The smallest absolute Gasteiger partial charge is 0.371 e. The van der Waals surface area contributed by atoms with Crippen molar-refractivity contribution in [1.29, 1.82) is 0 Å². The molecule has 1 saturated heterocycles. The first-order valence-electron chi connectivity index (χ1n) is 9.57. The van der Waals surface area contributed by atoms with Crippen molar-refractivity contribution >= 4 is 22.5 Å². The molecule has 1 aliphatic rings. The first kappa shape index (κ1) is 20.0. The fourth-order valence-electron chi connectivity index (χ4n) is 3.98. The predicted octanol–water partition coefficient (Wildman–Crippen LogP) is 3.95. The number of halogens is 3. The largest absolute Gasteiger partial charge is 0.418 e. The number of primary amides is 1. The second kappa shape index (κ2) is 7.19. The number of hydrogen-bond acceptors (Lipinski definition) is 3. The van der Waals surface area contributed by atoms with Gasteiger partial charge in [0.25, 0.3) is 5.91 Å². The topological polar surface area (TPSA) is 68.3 Å². The molecule has 5 nitrogen and oxygen atoms in total.